The molecule has 51 heavy (non-hydrogen) atoms. The number of esters is 2. The highest BCUT2D eigenvalue weighted by Crippen LogP contribution is 2.69. The van der Waals surface area contributed by atoms with Crippen LogP contribution in [-0.4, -0.2) is 78.3 Å². The van der Waals surface area contributed by atoms with Crippen molar-refractivity contribution in [1.29, 1.82) is 0 Å². The summed E-state index contributed by atoms with van der Waals surface area (Å²) in [6.45, 7) is 12.9. The number of benzene rings is 1. The zero-order valence-corrected chi connectivity index (χ0v) is 32.8. The van der Waals surface area contributed by atoms with E-state index in [4.69, 9.17) is 25.9 Å². The fourth-order valence-corrected chi connectivity index (χ4v) is 11.0. The first-order chi connectivity index (χ1) is 24.0. The van der Waals surface area contributed by atoms with Gasteiger partial charge in [-0.3, -0.25) is 14.4 Å². The number of allylic oxidation sites excluding steroid dienone is 4. The quantitative estimate of drug-likeness (QED) is 0.0742. The fourth-order valence-electron chi connectivity index (χ4n) is 9.73. The highest BCUT2D eigenvalue weighted by molar-refractivity contribution is 7.62. The van der Waals surface area contributed by atoms with Gasteiger partial charge in [0, 0.05) is 53.5 Å². The van der Waals surface area contributed by atoms with Crippen LogP contribution in [0.1, 0.15) is 77.8 Å². The van der Waals surface area contributed by atoms with Crippen molar-refractivity contribution in [3.63, 3.8) is 0 Å². The Morgan fingerprint density at radius 3 is 2.43 bits per heavy atom. The summed E-state index contributed by atoms with van der Waals surface area (Å²) in [7, 11) is -2.07. The van der Waals surface area contributed by atoms with Gasteiger partial charge in [0.2, 0.25) is 5.78 Å². The maximum absolute atomic E-state index is 14.1. The molecule has 1 aromatic carbocycles. The zero-order valence-electron chi connectivity index (χ0n) is 31.2. The van der Waals surface area contributed by atoms with E-state index < -0.39 is 54.0 Å². The normalized spacial score (nSPS) is 34.9. The Hall–Kier alpha value is -2.74. The SMILES string of the molecule is CCC(=O)OCC(=O)[C@@]1(OC(=O)CC)[C@H](C)C[C@H]2[C@H]3[C@H]([C@@H](O)C[C@@]21C)[C@@]1(C)C=C/C(=N/OCCc2cccc(CCP(C)(C)=O)c2)C=C1C[C@H]3Cl. The molecule has 0 unspecified atom stereocenters. The van der Waals surface area contributed by atoms with Gasteiger partial charge in [0.05, 0.1) is 13.2 Å². The highest BCUT2D eigenvalue weighted by Gasteiger charge is 2.73. The Morgan fingerprint density at radius 1 is 1.08 bits per heavy atom. The average molecular weight is 744 g/mol. The largest absolute Gasteiger partial charge is 0.457 e. The van der Waals surface area contributed by atoms with Crippen molar-refractivity contribution in [2.24, 2.45) is 39.7 Å². The Morgan fingerprint density at radius 2 is 1.76 bits per heavy atom. The van der Waals surface area contributed by atoms with Gasteiger partial charge in [-0.15, -0.1) is 11.6 Å². The summed E-state index contributed by atoms with van der Waals surface area (Å²) in [6, 6.07) is 8.29. The summed E-state index contributed by atoms with van der Waals surface area (Å²) in [5.74, 6) is -2.36. The van der Waals surface area contributed by atoms with Crippen molar-refractivity contribution < 1.29 is 38.4 Å². The Kier molecular flexibility index (Phi) is 11.9. The van der Waals surface area contributed by atoms with Crippen molar-refractivity contribution >= 4 is 42.2 Å². The standard InChI is InChI=1S/C40H55ClNO8P/c1-8-34(45)48-24-33(44)40(50-35(46)9-2)25(3)19-30-36-31(41)22-28-21-29(13-16-38(28,4)37(36)32(43)23-39(30,40)5)42-49-17-14-26-11-10-12-27(20-26)15-18-51(6,7)47/h10-13,16,20-21,25,30-32,36-37,43H,8-9,14-15,17-19,22-24H2,1-7H3/b42-29-/t25-,30+,31-,32+,36-,37+,38+,39+,40+/m1/s1. The van der Waals surface area contributed by atoms with Crippen LogP contribution in [0, 0.1) is 34.5 Å². The second-order valence-electron chi connectivity index (χ2n) is 16.0. The minimum atomic E-state index is -2.07. The molecule has 0 spiro atoms. The minimum Gasteiger partial charge on any atom is -0.457 e. The molecule has 0 amide bonds. The molecule has 280 valence electrons. The van der Waals surface area contributed by atoms with Crippen LogP contribution in [0.2, 0.25) is 0 Å². The molecule has 0 bridgehead atoms. The van der Waals surface area contributed by atoms with E-state index >= 15 is 0 Å². The molecule has 3 saturated carbocycles. The lowest BCUT2D eigenvalue weighted by atomic mass is 9.46. The third kappa shape index (κ3) is 7.68. The van der Waals surface area contributed by atoms with Gasteiger partial charge in [-0.1, -0.05) is 75.7 Å². The van der Waals surface area contributed by atoms with Gasteiger partial charge in [-0.25, -0.2) is 0 Å². The summed E-state index contributed by atoms with van der Waals surface area (Å²) < 4.78 is 23.6. The number of alkyl halides is 1. The topological polar surface area (TPSA) is 129 Å². The molecule has 9 nitrogen and oxygen atoms in total. The third-order valence-corrected chi connectivity index (χ3v) is 14.0. The van der Waals surface area contributed by atoms with E-state index in [-0.39, 0.29) is 48.3 Å². The van der Waals surface area contributed by atoms with Crippen molar-refractivity contribution in [2.45, 2.75) is 96.6 Å². The number of hydrogen-bond donors (Lipinski definition) is 1. The van der Waals surface area contributed by atoms with Gasteiger partial charge >= 0.3 is 11.9 Å². The lowest BCUT2D eigenvalue weighted by Crippen LogP contribution is -2.65. The Balaban J connectivity index is 1.34. The molecule has 11 heteroatoms. The number of nitrogens with zero attached hydrogens (tertiary/aromatic N) is 1. The molecule has 5 rings (SSSR count). The molecule has 1 N–H and O–H groups in total. The van der Waals surface area contributed by atoms with E-state index in [2.05, 4.69) is 36.4 Å². The Labute approximate surface area is 307 Å². The number of carbonyl (C=O) groups is 3. The van der Waals surface area contributed by atoms with Crippen LogP contribution in [0.5, 0.6) is 0 Å². The molecule has 0 radical (unpaired) electrons. The number of Topliss-reactive ketones (excluding diaryl/α,β-unsaturated/α-hetero) is 1. The van der Waals surface area contributed by atoms with Crippen molar-refractivity contribution in [2.75, 3.05) is 32.7 Å². The minimum absolute atomic E-state index is 0.0881. The number of fused-ring (bicyclic) bond motifs is 5. The first-order valence-electron chi connectivity index (χ1n) is 18.4. The maximum Gasteiger partial charge on any atom is 0.306 e. The van der Waals surface area contributed by atoms with Crippen LogP contribution in [0.3, 0.4) is 0 Å². The number of hydrogen-bond acceptors (Lipinski definition) is 9. The third-order valence-electron chi connectivity index (χ3n) is 12.2. The van der Waals surface area contributed by atoms with Crippen molar-refractivity contribution in [3.05, 3.63) is 59.2 Å². The van der Waals surface area contributed by atoms with Gasteiger partial charge < -0.3 is 24.0 Å². The van der Waals surface area contributed by atoms with E-state index in [0.717, 1.165) is 17.6 Å². The molecule has 0 heterocycles. The van der Waals surface area contributed by atoms with Crippen molar-refractivity contribution in [1.82, 2.24) is 0 Å². The van der Waals surface area contributed by atoms with E-state index in [1.54, 1.807) is 13.8 Å². The second kappa shape index (κ2) is 15.3. The number of ether oxygens (including phenoxy) is 2. The molecule has 9 atom stereocenters. The van der Waals surface area contributed by atoms with E-state index in [1.165, 1.54) is 5.56 Å². The molecule has 1 aromatic rings. The number of rotatable bonds is 13. The summed E-state index contributed by atoms with van der Waals surface area (Å²) in [4.78, 5) is 44.9. The van der Waals surface area contributed by atoms with Crippen LogP contribution >= 0.6 is 18.7 Å². The molecular weight excluding hydrogens is 689 g/mol. The molecular formula is C40H55ClNO8P. The smallest absolute Gasteiger partial charge is 0.306 e. The summed E-state index contributed by atoms with van der Waals surface area (Å²) in [6.07, 6.45) is 8.99. The highest BCUT2D eigenvalue weighted by atomic mass is 35.5. The molecule has 0 aromatic heterocycles. The van der Waals surface area contributed by atoms with Crippen LogP contribution in [-0.2, 0) is 46.1 Å². The Bertz CT molecular complexity index is 1650. The van der Waals surface area contributed by atoms with Gasteiger partial charge in [-0.2, -0.15) is 0 Å². The number of aliphatic hydroxyl groups is 1. The lowest BCUT2D eigenvalue weighted by molar-refractivity contribution is -0.205. The number of aliphatic hydroxyl groups excluding tert-OH is 1. The number of carbonyl (C=O) groups excluding carboxylic acids is 3. The molecule has 0 saturated heterocycles. The van der Waals surface area contributed by atoms with Crippen LogP contribution in [0.15, 0.2) is 53.2 Å². The maximum atomic E-state index is 14.1. The summed E-state index contributed by atoms with van der Waals surface area (Å²) >= 11 is 7.32. The first-order valence-corrected chi connectivity index (χ1v) is 21.7. The number of oxime groups is 1. The number of halogens is 1. The van der Waals surface area contributed by atoms with Crippen LogP contribution < -0.4 is 0 Å². The lowest BCUT2D eigenvalue weighted by Gasteiger charge is -2.61. The molecule has 3 fully saturated rings. The molecule has 0 aliphatic heterocycles. The van der Waals surface area contributed by atoms with E-state index in [0.29, 0.717) is 37.7 Å². The summed E-state index contributed by atoms with van der Waals surface area (Å²) in [5.41, 5.74) is 1.07. The van der Waals surface area contributed by atoms with Crippen molar-refractivity contribution in [3.8, 4) is 0 Å². The van der Waals surface area contributed by atoms with E-state index in [9.17, 15) is 24.1 Å². The predicted molar refractivity (Wildman–Crippen MR) is 199 cm³/mol. The van der Waals surface area contributed by atoms with Gasteiger partial charge in [0.15, 0.2) is 12.2 Å². The van der Waals surface area contributed by atoms with Gasteiger partial charge in [0.25, 0.3) is 0 Å². The van der Waals surface area contributed by atoms with Crippen LogP contribution in [0.25, 0.3) is 0 Å². The number of ketones is 1. The predicted octanol–water partition coefficient (Wildman–Crippen LogP) is 7.15. The van der Waals surface area contributed by atoms with Gasteiger partial charge in [-0.05, 0) is 74.1 Å². The average Bonchev–Trinajstić information content (AvgIpc) is 3.30. The fraction of sp³-hybridized carbons (Fsp3) is 0.650. The molecule has 4 aliphatic rings. The van der Waals surface area contributed by atoms with E-state index in [1.807, 2.05) is 45.4 Å². The first kappa shape index (κ1) is 39.5. The molecule has 4 aliphatic carbocycles. The monoisotopic (exact) mass is 743 g/mol. The second-order valence-corrected chi connectivity index (χ2v) is 20.2. The van der Waals surface area contributed by atoms with Gasteiger partial charge in [0.1, 0.15) is 12.3 Å². The zero-order chi connectivity index (χ0) is 37.4. The summed E-state index contributed by atoms with van der Waals surface area (Å²) in [5, 5.41) is 16.2. The number of aryl methyl sites for hydroxylation is 1. The van der Waals surface area contributed by atoms with Crippen LogP contribution in [0.4, 0.5) is 0 Å².